The van der Waals surface area contributed by atoms with Crippen LogP contribution in [0.15, 0.2) is 35.5 Å². The molecule has 0 aliphatic heterocycles. The van der Waals surface area contributed by atoms with Crippen LogP contribution in [-0.2, 0) is 0 Å². The minimum absolute atomic E-state index is 0.223. The Labute approximate surface area is 184 Å². The smallest absolute Gasteiger partial charge is 0.0592 e. The first-order valence-corrected chi connectivity index (χ1v) is 12.2. The first-order valence-electron chi connectivity index (χ1n) is 12.2. The normalized spacial score (nSPS) is 37.4. The summed E-state index contributed by atoms with van der Waals surface area (Å²) in [6, 6.07) is 0. The van der Waals surface area contributed by atoms with Crippen molar-refractivity contribution in [2.24, 2.45) is 23.2 Å². The van der Waals surface area contributed by atoms with Gasteiger partial charge in [0.1, 0.15) is 0 Å². The fourth-order valence-corrected chi connectivity index (χ4v) is 6.57. The van der Waals surface area contributed by atoms with E-state index in [0.29, 0.717) is 24.7 Å². The van der Waals surface area contributed by atoms with E-state index in [4.69, 9.17) is 0 Å². The summed E-state index contributed by atoms with van der Waals surface area (Å²) in [5, 5.41) is 30.9. The van der Waals surface area contributed by atoms with Crippen molar-refractivity contribution in [1.29, 1.82) is 0 Å². The Morgan fingerprint density at radius 3 is 2.63 bits per heavy atom. The van der Waals surface area contributed by atoms with E-state index in [1.54, 1.807) is 5.57 Å². The highest BCUT2D eigenvalue weighted by Crippen LogP contribution is 2.60. The van der Waals surface area contributed by atoms with Gasteiger partial charge in [0.05, 0.1) is 17.8 Å². The summed E-state index contributed by atoms with van der Waals surface area (Å²) in [5.74, 6) is 1.38. The van der Waals surface area contributed by atoms with Gasteiger partial charge < -0.3 is 15.3 Å². The van der Waals surface area contributed by atoms with Crippen molar-refractivity contribution < 1.29 is 15.3 Å². The largest absolute Gasteiger partial charge is 0.393 e. The lowest BCUT2D eigenvalue weighted by Crippen LogP contribution is -2.39. The van der Waals surface area contributed by atoms with Gasteiger partial charge >= 0.3 is 0 Å². The summed E-state index contributed by atoms with van der Waals surface area (Å²) in [7, 11) is 0. The van der Waals surface area contributed by atoms with Crippen molar-refractivity contribution in [1.82, 2.24) is 0 Å². The van der Waals surface area contributed by atoms with Gasteiger partial charge in [-0.25, -0.2) is 0 Å². The Morgan fingerprint density at radius 1 is 1.20 bits per heavy atom. The van der Waals surface area contributed by atoms with Crippen LogP contribution in [0.1, 0.15) is 91.9 Å². The number of fused-ring (bicyclic) bond motifs is 1. The van der Waals surface area contributed by atoms with E-state index in [2.05, 4.69) is 32.6 Å². The molecule has 0 radical (unpaired) electrons. The average molecular weight is 417 g/mol. The zero-order valence-corrected chi connectivity index (χ0v) is 19.7. The Hall–Kier alpha value is -0.900. The molecule has 3 heteroatoms. The zero-order chi connectivity index (χ0) is 22.1. The number of aliphatic hydroxyl groups is 3. The predicted octanol–water partition coefficient (Wildman–Crippen LogP) is 5.70. The van der Waals surface area contributed by atoms with Crippen molar-refractivity contribution in [3.8, 4) is 0 Å². The van der Waals surface area contributed by atoms with Gasteiger partial charge in [-0.05, 0) is 107 Å². The minimum atomic E-state index is -0.715. The molecule has 3 aliphatic carbocycles. The number of hydrogen-bond donors (Lipinski definition) is 3. The third-order valence-electron chi connectivity index (χ3n) is 8.52. The minimum Gasteiger partial charge on any atom is -0.393 e. The summed E-state index contributed by atoms with van der Waals surface area (Å²) >= 11 is 0. The van der Waals surface area contributed by atoms with Crippen molar-refractivity contribution in [2.75, 3.05) is 0 Å². The fourth-order valence-electron chi connectivity index (χ4n) is 6.57. The maximum Gasteiger partial charge on any atom is 0.0592 e. The van der Waals surface area contributed by atoms with Gasteiger partial charge in [0, 0.05) is 0 Å². The molecule has 0 aromatic heterocycles. The van der Waals surface area contributed by atoms with Crippen molar-refractivity contribution >= 4 is 0 Å². The topological polar surface area (TPSA) is 60.7 Å². The van der Waals surface area contributed by atoms with E-state index in [1.807, 2.05) is 13.8 Å². The molecule has 0 heterocycles. The van der Waals surface area contributed by atoms with Crippen molar-refractivity contribution in [3.05, 3.63) is 35.5 Å². The quantitative estimate of drug-likeness (QED) is 0.520. The van der Waals surface area contributed by atoms with E-state index in [0.717, 1.165) is 19.3 Å². The zero-order valence-electron chi connectivity index (χ0n) is 19.7. The molecule has 3 nitrogen and oxygen atoms in total. The second kappa shape index (κ2) is 9.30. The molecule has 0 amide bonds. The van der Waals surface area contributed by atoms with E-state index in [9.17, 15) is 15.3 Å². The van der Waals surface area contributed by atoms with Gasteiger partial charge in [-0.2, -0.15) is 0 Å². The van der Waals surface area contributed by atoms with Gasteiger partial charge in [0.2, 0.25) is 0 Å². The number of hydrogen-bond acceptors (Lipinski definition) is 3. The Kier molecular flexibility index (Phi) is 7.37. The van der Waals surface area contributed by atoms with Crippen LogP contribution in [-0.4, -0.2) is 33.1 Å². The summed E-state index contributed by atoms with van der Waals surface area (Å²) < 4.78 is 0. The molecule has 0 bridgehead atoms. The molecule has 3 saturated carbocycles. The first kappa shape index (κ1) is 23.8. The van der Waals surface area contributed by atoms with Gasteiger partial charge in [0.15, 0.2) is 0 Å². The first-order chi connectivity index (χ1) is 14.0. The molecule has 6 atom stereocenters. The predicted molar refractivity (Wildman–Crippen MR) is 124 cm³/mol. The summed E-state index contributed by atoms with van der Waals surface area (Å²) in [6.45, 7) is 12.5. The molecule has 0 spiro atoms. The molecular formula is C27H44O3. The van der Waals surface area contributed by atoms with Crippen LogP contribution < -0.4 is 0 Å². The molecule has 1 unspecified atom stereocenters. The van der Waals surface area contributed by atoms with Crippen molar-refractivity contribution in [2.45, 2.75) is 110 Å². The van der Waals surface area contributed by atoms with Crippen LogP contribution in [0.3, 0.4) is 0 Å². The van der Waals surface area contributed by atoms with Gasteiger partial charge in [-0.15, -0.1) is 0 Å². The van der Waals surface area contributed by atoms with Crippen LogP contribution in [0, 0.1) is 23.2 Å². The highest BCUT2D eigenvalue weighted by atomic mass is 16.3. The lowest BCUT2D eigenvalue weighted by Gasteiger charge is -2.45. The van der Waals surface area contributed by atoms with Gasteiger partial charge in [0.25, 0.3) is 0 Å². The molecular weight excluding hydrogens is 372 g/mol. The summed E-state index contributed by atoms with van der Waals surface area (Å²) in [6.07, 6.45) is 13.8. The molecule has 3 fully saturated rings. The monoisotopic (exact) mass is 416 g/mol. The second-order valence-corrected chi connectivity index (χ2v) is 11.3. The lowest BCUT2D eigenvalue weighted by molar-refractivity contribution is -0.00259. The van der Waals surface area contributed by atoms with E-state index >= 15 is 0 Å². The van der Waals surface area contributed by atoms with Crippen LogP contribution >= 0.6 is 0 Å². The maximum atomic E-state index is 10.9. The molecule has 3 N–H and O–H groups in total. The molecule has 170 valence electrons. The van der Waals surface area contributed by atoms with E-state index in [1.165, 1.54) is 43.3 Å². The second-order valence-electron chi connectivity index (χ2n) is 11.3. The Bertz CT molecular complexity index is 683. The van der Waals surface area contributed by atoms with E-state index < -0.39 is 5.60 Å². The molecule has 0 aromatic rings. The Morgan fingerprint density at radius 2 is 1.93 bits per heavy atom. The van der Waals surface area contributed by atoms with Crippen LogP contribution in [0.4, 0.5) is 0 Å². The van der Waals surface area contributed by atoms with E-state index in [-0.39, 0.29) is 23.5 Å². The van der Waals surface area contributed by atoms with Crippen LogP contribution in [0.25, 0.3) is 0 Å². The SMILES string of the molecule is C=C1CC[C@@H](O)C/C1=C/C=C1\CCC[C@]2(C)[C@@H]([C@H](C)C(O)CCC(C)(C)O)CC[C@@H]12. The number of rotatable bonds is 6. The Balaban J connectivity index is 1.72. The average Bonchev–Trinajstić information content (AvgIpc) is 3.03. The van der Waals surface area contributed by atoms with Gasteiger partial charge in [-0.3, -0.25) is 0 Å². The molecule has 0 aromatic carbocycles. The molecule has 3 aliphatic rings. The third-order valence-corrected chi connectivity index (χ3v) is 8.52. The number of allylic oxidation sites excluding steroid dienone is 4. The summed E-state index contributed by atoms with van der Waals surface area (Å²) in [5.41, 5.74) is 3.50. The highest BCUT2D eigenvalue weighted by molar-refractivity contribution is 5.36. The summed E-state index contributed by atoms with van der Waals surface area (Å²) in [4.78, 5) is 0. The maximum absolute atomic E-state index is 10.9. The molecule has 3 rings (SSSR count). The third kappa shape index (κ3) is 5.29. The number of aliphatic hydroxyl groups excluding tert-OH is 2. The lowest BCUT2D eigenvalue weighted by atomic mass is 9.60. The molecule has 0 saturated heterocycles. The fraction of sp³-hybridized carbons (Fsp3) is 0.778. The van der Waals surface area contributed by atoms with Crippen molar-refractivity contribution in [3.63, 3.8) is 0 Å². The molecule has 30 heavy (non-hydrogen) atoms. The van der Waals surface area contributed by atoms with Crippen LogP contribution in [0.5, 0.6) is 0 Å². The van der Waals surface area contributed by atoms with Crippen LogP contribution in [0.2, 0.25) is 0 Å². The highest BCUT2D eigenvalue weighted by Gasteiger charge is 2.51. The standard InChI is InChI=1S/C27H44O3/c1-18-8-11-22(28)17-21(18)10-9-20-7-6-15-27(5)23(12-13-24(20)27)19(2)25(29)14-16-26(3,4)30/h9-10,19,22-25,28-30H,1,6-8,11-17H2,2-5H3/b20-9+,21-10-/t19-,22+,23+,24-,25?,27+/m0/s1. The van der Waals surface area contributed by atoms with Gasteiger partial charge in [-0.1, -0.05) is 43.7 Å².